The van der Waals surface area contributed by atoms with Gasteiger partial charge >= 0.3 is 68.9 Å². The molecule has 0 spiro atoms. The van der Waals surface area contributed by atoms with Gasteiger partial charge in [0.1, 0.15) is 0 Å². The maximum absolute atomic E-state index is 10.9. The van der Waals surface area contributed by atoms with Gasteiger partial charge in [-0.1, -0.05) is 33.6 Å². The molecule has 0 radical (unpaired) electrons. The van der Waals surface area contributed by atoms with E-state index < -0.39 is 5.97 Å². The van der Waals surface area contributed by atoms with Crippen LogP contribution in [0.25, 0.3) is 0 Å². The van der Waals surface area contributed by atoms with Gasteiger partial charge in [-0.05, 0) is 111 Å². The van der Waals surface area contributed by atoms with Gasteiger partial charge in [0.25, 0.3) is 0 Å². The van der Waals surface area contributed by atoms with Crippen LogP contribution >= 0.6 is 0 Å². The number of carbonyl (C=O) groups excluding carboxylic acids is 1. The molecule has 0 bridgehead atoms. The Morgan fingerprint density at radius 3 is 2.44 bits per heavy atom. The van der Waals surface area contributed by atoms with Crippen molar-refractivity contribution in [2.24, 2.45) is 46.3 Å². The van der Waals surface area contributed by atoms with Crippen LogP contribution in [0.5, 0.6) is 0 Å². The van der Waals surface area contributed by atoms with Crippen molar-refractivity contribution in [2.75, 3.05) is 0 Å². The quantitative estimate of drug-likeness (QED) is 0.604. The van der Waals surface area contributed by atoms with Crippen molar-refractivity contribution in [3.63, 3.8) is 0 Å². The van der Waals surface area contributed by atoms with Gasteiger partial charge in [0.15, 0.2) is 0 Å². The van der Waals surface area contributed by atoms with Crippen LogP contribution in [0.3, 0.4) is 0 Å². The van der Waals surface area contributed by atoms with E-state index in [0.717, 1.165) is 36.0 Å². The average molecular weight is 492 g/mol. The summed E-state index contributed by atoms with van der Waals surface area (Å²) in [5.41, 5.74) is 1.09. The molecule has 4 rings (SSSR count). The summed E-state index contributed by atoms with van der Waals surface area (Å²) >= 11 is 0. The fourth-order valence-corrected chi connectivity index (χ4v) is 8.82. The number of carboxylic acids is 1. The van der Waals surface area contributed by atoms with Crippen molar-refractivity contribution in [1.82, 2.24) is 0 Å². The second-order valence-corrected chi connectivity index (χ2v) is 11.0. The molecule has 148 valence electrons. The van der Waals surface area contributed by atoms with Gasteiger partial charge in [-0.25, -0.2) is 0 Å². The minimum absolute atomic E-state index is 0. The number of hydrogen-bond acceptors (Lipinski definition) is 2. The zero-order valence-electron chi connectivity index (χ0n) is 18.3. The van der Waals surface area contributed by atoms with Gasteiger partial charge in [0.2, 0.25) is 0 Å². The third-order valence-electron chi connectivity index (χ3n) is 10.1. The molecular formula is C24H39CsO2. The summed E-state index contributed by atoms with van der Waals surface area (Å²) < 4.78 is 0. The molecule has 8 atom stereocenters. The number of fused-ring (bicyclic) bond motifs is 5. The predicted molar refractivity (Wildman–Crippen MR) is 103 cm³/mol. The van der Waals surface area contributed by atoms with E-state index in [1.165, 1.54) is 64.2 Å². The molecule has 4 saturated carbocycles. The van der Waals surface area contributed by atoms with Crippen molar-refractivity contribution in [1.29, 1.82) is 0 Å². The Morgan fingerprint density at radius 1 is 0.963 bits per heavy atom. The summed E-state index contributed by atoms with van der Waals surface area (Å²) in [6.45, 7) is 7.55. The van der Waals surface area contributed by atoms with E-state index in [9.17, 15) is 9.90 Å². The molecule has 1 unspecified atom stereocenters. The average Bonchev–Trinajstić information content (AvgIpc) is 2.96. The first-order valence-corrected chi connectivity index (χ1v) is 11.6. The Balaban J connectivity index is 0.00000210. The van der Waals surface area contributed by atoms with Crippen molar-refractivity contribution in [3.8, 4) is 0 Å². The Bertz CT molecular complexity index is 548. The summed E-state index contributed by atoms with van der Waals surface area (Å²) in [6, 6.07) is 0. The van der Waals surface area contributed by atoms with Crippen molar-refractivity contribution >= 4 is 5.97 Å². The third kappa shape index (κ3) is 4.05. The summed E-state index contributed by atoms with van der Waals surface area (Å²) in [4.78, 5) is 10.9. The Kier molecular flexibility index (Phi) is 7.68. The first-order chi connectivity index (χ1) is 12.4. The van der Waals surface area contributed by atoms with Gasteiger partial charge in [0, 0.05) is 5.97 Å². The Morgan fingerprint density at radius 2 is 1.70 bits per heavy atom. The van der Waals surface area contributed by atoms with Crippen molar-refractivity contribution < 1.29 is 78.8 Å². The molecule has 0 aromatic heterocycles. The standard InChI is InChI=1S/C24H40O2.Cs/c1-16(7-12-22(25)26)19-10-11-20-18-9-8-17-6-4-5-14-23(17,2)21(18)13-15-24(19,20)3;/h16-21H,4-15H2,1-3H3,(H,25,26);/q;+1/p-1/t16-,17?,18+,19-,20+,21+,23+,24-;/m1./s1. The fourth-order valence-electron chi connectivity index (χ4n) is 8.82. The van der Waals surface area contributed by atoms with Crippen LogP contribution in [0.1, 0.15) is 97.8 Å². The molecule has 0 aromatic rings. The second-order valence-electron chi connectivity index (χ2n) is 11.0. The van der Waals surface area contributed by atoms with Crippen molar-refractivity contribution in [2.45, 2.75) is 97.8 Å². The van der Waals surface area contributed by atoms with Crippen LogP contribution in [-0.4, -0.2) is 5.97 Å². The van der Waals surface area contributed by atoms with Gasteiger partial charge < -0.3 is 9.90 Å². The van der Waals surface area contributed by atoms with E-state index in [1.54, 1.807) is 0 Å². The molecule has 3 heteroatoms. The van der Waals surface area contributed by atoms with Crippen LogP contribution in [0.15, 0.2) is 0 Å². The van der Waals surface area contributed by atoms with Crippen LogP contribution < -0.4 is 74.0 Å². The first kappa shape index (κ1) is 23.2. The summed E-state index contributed by atoms with van der Waals surface area (Å²) in [5, 5.41) is 10.9. The Labute approximate surface area is 225 Å². The topological polar surface area (TPSA) is 40.1 Å². The summed E-state index contributed by atoms with van der Waals surface area (Å²) in [5.74, 6) is 4.20. The molecule has 27 heavy (non-hydrogen) atoms. The molecule has 4 aliphatic carbocycles. The van der Waals surface area contributed by atoms with E-state index in [4.69, 9.17) is 0 Å². The number of hydrogen-bond donors (Lipinski definition) is 0. The second kappa shape index (κ2) is 8.94. The SMILES string of the molecule is C[C@H](CCC(=O)[O-])[C@H]1CC[C@H]2[C@@H]3CCC4CCCC[C@]4(C)[C@H]3CC[C@]12C.[Cs+]. The molecule has 0 aliphatic heterocycles. The van der Waals surface area contributed by atoms with Crippen LogP contribution in [0, 0.1) is 46.3 Å². The number of carboxylic acid groups (broad SMARTS) is 1. The molecule has 0 amide bonds. The molecule has 0 N–H and O–H groups in total. The predicted octanol–water partition coefficient (Wildman–Crippen LogP) is 2.21. The van der Waals surface area contributed by atoms with E-state index in [-0.39, 0.29) is 75.3 Å². The molecule has 4 aliphatic rings. The third-order valence-corrected chi connectivity index (χ3v) is 10.1. The minimum Gasteiger partial charge on any atom is -0.550 e. The maximum atomic E-state index is 10.9. The fraction of sp³-hybridized carbons (Fsp3) is 0.958. The van der Waals surface area contributed by atoms with Crippen LogP contribution in [0.4, 0.5) is 0 Å². The van der Waals surface area contributed by atoms with Crippen LogP contribution in [0.2, 0.25) is 0 Å². The molecule has 4 fully saturated rings. The number of rotatable bonds is 4. The number of carbonyl (C=O) groups is 1. The summed E-state index contributed by atoms with van der Waals surface area (Å²) in [7, 11) is 0. The monoisotopic (exact) mass is 492 g/mol. The maximum Gasteiger partial charge on any atom is 1.00 e. The normalized spacial score (nSPS) is 47.1. The van der Waals surface area contributed by atoms with E-state index in [2.05, 4.69) is 20.8 Å². The van der Waals surface area contributed by atoms with Crippen molar-refractivity contribution in [3.05, 3.63) is 0 Å². The van der Waals surface area contributed by atoms with E-state index in [0.29, 0.717) is 16.7 Å². The summed E-state index contributed by atoms with van der Waals surface area (Å²) in [6.07, 6.45) is 15.5. The van der Waals surface area contributed by atoms with Gasteiger partial charge in [-0.3, -0.25) is 0 Å². The first-order valence-electron chi connectivity index (χ1n) is 11.6. The molecule has 2 nitrogen and oxygen atoms in total. The number of aliphatic carboxylic acids is 1. The van der Waals surface area contributed by atoms with E-state index >= 15 is 0 Å². The molecule has 0 heterocycles. The smallest absolute Gasteiger partial charge is 0.550 e. The minimum atomic E-state index is -0.871. The van der Waals surface area contributed by atoms with Gasteiger partial charge in [-0.2, -0.15) is 0 Å². The zero-order valence-corrected chi connectivity index (χ0v) is 24.5. The Hall–Kier alpha value is 1.52. The molecule has 0 aromatic carbocycles. The molecule has 0 saturated heterocycles. The van der Waals surface area contributed by atoms with E-state index in [1.807, 2.05) is 0 Å². The zero-order chi connectivity index (χ0) is 18.5. The van der Waals surface area contributed by atoms with Crippen LogP contribution in [-0.2, 0) is 4.79 Å². The van der Waals surface area contributed by atoms with Gasteiger partial charge in [-0.15, -0.1) is 0 Å². The molecular weight excluding hydrogens is 453 g/mol. The van der Waals surface area contributed by atoms with Gasteiger partial charge in [0.05, 0.1) is 0 Å². The largest absolute Gasteiger partial charge is 1.00 e.